The van der Waals surface area contributed by atoms with Crippen LogP contribution < -0.4 is 10.6 Å². The van der Waals surface area contributed by atoms with Crippen molar-refractivity contribution in [1.82, 2.24) is 15.5 Å². The second kappa shape index (κ2) is 14.4. The number of hydrogen-bond donors (Lipinski definition) is 3. The van der Waals surface area contributed by atoms with Gasteiger partial charge in [0.05, 0.1) is 0 Å². The molecule has 2 unspecified atom stereocenters. The number of nitrogens with one attached hydrogen (secondary N) is 2. The summed E-state index contributed by atoms with van der Waals surface area (Å²) in [7, 11) is 0. The summed E-state index contributed by atoms with van der Waals surface area (Å²) in [6.45, 7) is 11.6. The number of rotatable bonds is 12. The summed E-state index contributed by atoms with van der Waals surface area (Å²) in [5.74, 6) is -0.573. The standard InChI is InChI=1S/C30H43N3O5/c1-7-8-12-19-31-27(35)26(23-13-10-9-11-14-23)33(21(2)3)28(36)25(32-29(37)38-30(4,5)6)20-22-15-17-24(34)18-16-22/h9-11,13-18,21,25-26,34H,7-8,12,19-20H2,1-6H3,(H,31,35)(H,32,37). The van der Waals surface area contributed by atoms with E-state index in [2.05, 4.69) is 17.6 Å². The molecule has 2 aromatic carbocycles. The van der Waals surface area contributed by atoms with E-state index in [-0.39, 0.29) is 24.1 Å². The minimum atomic E-state index is -1.00. The molecule has 0 aliphatic rings. The van der Waals surface area contributed by atoms with Crippen molar-refractivity contribution in [3.8, 4) is 5.75 Å². The van der Waals surface area contributed by atoms with E-state index in [0.29, 0.717) is 12.1 Å². The van der Waals surface area contributed by atoms with Crippen LogP contribution in [0.4, 0.5) is 4.79 Å². The van der Waals surface area contributed by atoms with Crippen LogP contribution in [0.25, 0.3) is 0 Å². The van der Waals surface area contributed by atoms with E-state index in [9.17, 15) is 19.5 Å². The van der Waals surface area contributed by atoms with Gasteiger partial charge in [0, 0.05) is 19.0 Å². The van der Waals surface area contributed by atoms with Gasteiger partial charge in [0.1, 0.15) is 23.4 Å². The third-order valence-electron chi connectivity index (χ3n) is 5.90. The van der Waals surface area contributed by atoms with E-state index in [1.165, 1.54) is 17.0 Å². The van der Waals surface area contributed by atoms with Crippen LogP contribution in [0.1, 0.15) is 78.0 Å². The molecule has 0 heterocycles. The lowest BCUT2D eigenvalue weighted by Crippen LogP contribution is -2.55. The molecule has 3 N–H and O–H groups in total. The van der Waals surface area contributed by atoms with Gasteiger partial charge in [-0.05, 0) is 64.3 Å². The Kier molecular flexibility index (Phi) is 11.6. The van der Waals surface area contributed by atoms with Crippen LogP contribution in [0.3, 0.4) is 0 Å². The Labute approximate surface area is 226 Å². The smallest absolute Gasteiger partial charge is 0.408 e. The van der Waals surface area contributed by atoms with Crippen molar-refractivity contribution >= 4 is 17.9 Å². The average molecular weight is 526 g/mol. The third-order valence-corrected chi connectivity index (χ3v) is 5.90. The number of nitrogens with zero attached hydrogens (tertiary/aromatic N) is 1. The Morgan fingerprint density at radius 2 is 1.61 bits per heavy atom. The zero-order valence-corrected chi connectivity index (χ0v) is 23.5. The van der Waals surface area contributed by atoms with E-state index in [0.717, 1.165) is 24.8 Å². The van der Waals surface area contributed by atoms with Gasteiger partial charge in [0.2, 0.25) is 11.8 Å². The number of unbranched alkanes of at least 4 members (excludes halogenated alkanes) is 2. The lowest BCUT2D eigenvalue weighted by molar-refractivity contribution is -0.144. The van der Waals surface area contributed by atoms with Crippen LogP contribution >= 0.6 is 0 Å². The fraction of sp³-hybridized carbons (Fsp3) is 0.500. The SMILES string of the molecule is CCCCCNC(=O)C(c1ccccc1)N(C(=O)C(Cc1ccc(O)cc1)NC(=O)OC(C)(C)C)C(C)C. The predicted molar refractivity (Wildman–Crippen MR) is 149 cm³/mol. The minimum absolute atomic E-state index is 0.101. The first-order chi connectivity index (χ1) is 17.9. The highest BCUT2D eigenvalue weighted by Gasteiger charge is 2.37. The van der Waals surface area contributed by atoms with Gasteiger partial charge in [-0.2, -0.15) is 0 Å². The van der Waals surface area contributed by atoms with Crippen LogP contribution in [-0.2, 0) is 20.7 Å². The maximum atomic E-state index is 14.2. The van der Waals surface area contributed by atoms with Gasteiger partial charge in [-0.15, -0.1) is 0 Å². The van der Waals surface area contributed by atoms with Gasteiger partial charge in [-0.3, -0.25) is 9.59 Å². The number of alkyl carbamates (subject to hydrolysis) is 1. The first-order valence-corrected chi connectivity index (χ1v) is 13.3. The monoisotopic (exact) mass is 525 g/mol. The molecular weight excluding hydrogens is 482 g/mol. The van der Waals surface area contributed by atoms with Gasteiger partial charge in [-0.25, -0.2) is 4.79 Å². The third kappa shape index (κ3) is 9.72. The number of aromatic hydroxyl groups is 1. The number of amides is 3. The van der Waals surface area contributed by atoms with Crippen molar-refractivity contribution in [2.75, 3.05) is 6.54 Å². The topological polar surface area (TPSA) is 108 Å². The molecule has 8 heteroatoms. The Balaban J connectivity index is 2.45. The van der Waals surface area contributed by atoms with Crippen molar-refractivity contribution in [3.63, 3.8) is 0 Å². The molecule has 0 saturated heterocycles. The zero-order valence-electron chi connectivity index (χ0n) is 23.5. The number of ether oxygens (including phenoxy) is 1. The average Bonchev–Trinajstić information content (AvgIpc) is 2.84. The maximum absolute atomic E-state index is 14.2. The summed E-state index contributed by atoms with van der Waals surface area (Å²) < 4.78 is 5.44. The van der Waals surface area contributed by atoms with Crippen molar-refractivity contribution in [2.45, 2.75) is 91.0 Å². The fourth-order valence-electron chi connectivity index (χ4n) is 4.13. The van der Waals surface area contributed by atoms with E-state index in [1.807, 2.05) is 44.2 Å². The molecule has 0 aliphatic carbocycles. The van der Waals surface area contributed by atoms with Gasteiger partial charge < -0.3 is 25.4 Å². The fourth-order valence-corrected chi connectivity index (χ4v) is 4.13. The summed E-state index contributed by atoms with van der Waals surface area (Å²) in [5.41, 5.74) is 0.670. The Bertz CT molecular complexity index is 1030. The highest BCUT2D eigenvalue weighted by Crippen LogP contribution is 2.26. The Hall–Kier alpha value is -3.55. The van der Waals surface area contributed by atoms with Crippen molar-refractivity contribution < 1.29 is 24.2 Å². The molecule has 0 fully saturated rings. The summed E-state index contributed by atoms with van der Waals surface area (Å²) >= 11 is 0. The summed E-state index contributed by atoms with van der Waals surface area (Å²) in [6, 6.07) is 13.4. The molecule has 3 amide bonds. The van der Waals surface area contributed by atoms with E-state index >= 15 is 0 Å². The highest BCUT2D eigenvalue weighted by molar-refractivity contribution is 5.92. The molecule has 208 valence electrons. The maximum Gasteiger partial charge on any atom is 0.408 e. The summed E-state index contributed by atoms with van der Waals surface area (Å²) in [6.07, 6.45) is 2.31. The van der Waals surface area contributed by atoms with Crippen LogP contribution in [0, 0.1) is 0 Å². The first kappa shape index (κ1) is 30.7. The Morgan fingerprint density at radius 3 is 2.16 bits per heavy atom. The van der Waals surface area contributed by atoms with Gasteiger partial charge in [0.25, 0.3) is 0 Å². The molecule has 2 atom stereocenters. The molecule has 0 aliphatic heterocycles. The molecule has 0 saturated carbocycles. The van der Waals surface area contributed by atoms with Gasteiger partial charge in [0.15, 0.2) is 0 Å². The van der Waals surface area contributed by atoms with Crippen molar-refractivity contribution in [3.05, 3.63) is 65.7 Å². The van der Waals surface area contributed by atoms with E-state index < -0.39 is 29.7 Å². The molecule has 0 aromatic heterocycles. The van der Waals surface area contributed by atoms with E-state index in [1.54, 1.807) is 32.9 Å². The van der Waals surface area contributed by atoms with Crippen LogP contribution in [-0.4, -0.2) is 52.1 Å². The lowest BCUT2D eigenvalue weighted by atomic mass is 9.99. The number of carbonyl (C=O) groups excluding carboxylic acids is 3. The second-order valence-electron chi connectivity index (χ2n) is 10.7. The molecule has 38 heavy (non-hydrogen) atoms. The molecule has 0 bridgehead atoms. The van der Waals surface area contributed by atoms with Gasteiger partial charge >= 0.3 is 6.09 Å². The number of carbonyl (C=O) groups is 3. The predicted octanol–water partition coefficient (Wildman–Crippen LogP) is 5.11. The molecule has 8 nitrogen and oxygen atoms in total. The normalized spacial score (nSPS) is 12.9. The molecular formula is C30H43N3O5. The van der Waals surface area contributed by atoms with Crippen LogP contribution in [0.2, 0.25) is 0 Å². The van der Waals surface area contributed by atoms with Crippen molar-refractivity contribution in [2.24, 2.45) is 0 Å². The van der Waals surface area contributed by atoms with Crippen LogP contribution in [0.15, 0.2) is 54.6 Å². The highest BCUT2D eigenvalue weighted by atomic mass is 16.6. The lowest BCUT2D eigenvalue weighted by Gasteiger charge is -2.37. The van der Waals surface area contributed by atoms with Crippen LogP contribution in [0.5, 0.6) is 5.75 Å². The first-order valence-electron chi connectivity index (χ1n) is 13.3. The molecule has 0 spiro atoms. The summed E-state index contributed by atoms with van der Waals surface area (Å²) in [4.78, 5) is 42.0. The molecule has 2 aromatic rings. The summed E-state index contributed by atoms with van der Waals surface area (Å²) in [5, 5.41) is 15.4. The number of phenols is 1. The zero-order chi connectivity index (χ0) is 28.3. The Morgan fingerprint density at radius 1 is 0.974 bits per heavy atom. The molecule has 2 rings (SSSR count). The quantitative estimate of drug-likeness (QED) is 0.334. The van der Waals surface area contributed by atoms with Gasteiger partial charge in [-0.1, -0.05) is 62.2 Å². The molecule has 0 radical (unpaired) electrons. The second-order valence-corrected chi connectivity index (χ2v) is 10.7. The number of hydrogen-bond acceptors (Lipinski definition) is 5. The largest absolute Gasteiger partial charge is 0.508 e. The minimum Gasteiger partial charge on any atom is -0.508 e. The number of phenolic OH excluding ortho intramolecular Hbond substituents is 1. The number of benzene rings is 2. The van der Waals surface area contributed by atoms with E-state index in [4.69, 9.17) is 4.74 Å². The van der Waals surface area contributed by atoms with Crippen molar-refractivity contribution in [1.29, 1.82) is 0 Å².